The highest BCUT2D eigenvalue weighted by atomic mass is 35.5. The molecule has 0 spiro atoms. The monoisotopic (exact) mass is 543 g/mol. The number of likely N-dealkylation sites (tertiary alicyclic amines) is 1. The van der Waals surface area contributed by atoms with Crippen LogP contribution in [0.4, 0.5) is 4.39 Å². The number of aromatic nitrogens is 3. The SMILES string of the molecule is CC(C)(C)NC(=O)Cn1c(-c2ccc(F)c(Cl)c2)nc2ncc(OCCCN3CCCCCC3)cc2c1=O. The van der Waals surface area contributed by atoms with Crippen LogP contribution >= 0.6 is 11.6 Å². The summed E-state index contributed by atoms with van der Waals surface area (Å²) in [5.74, 6) is -0.307. The molecule has 3 aromatic rings. The second kappa shape index (κ2) is 12.2. The van der Waals surface area contributed by atoms with Crippen LogP contribution in [0.25, 0.3) is 22.4 Å². The van der Waals surface area contributed by atoms with Crippen LogP contribution in [0.15, 0.2) is 35.3 Å². The maximum atomic E-state index is 13.8. The number of pyridine rings is 1. The third-order valence-electron chi connectivity index (χ3n) is 6.36. The molecule has 0 radical (unpaired) electrons. The zero-order valence-corrected chi connectivity index (χ0v) is 23.0. The first-order valence-corrected chi connectivity index (χ1v) is 13.5. The molecule has 1 aromatic carbocycles. The Morgan fingerprint density at radius 3 is 2.58 bits per heavy atom. The van der Waals surface area contributed by atoms with E-state index in [1.165, 1.54) is 48.4 Å². The lowest BCUT2D eigenvalue weighted by Gasteiger charge is -2.21. The summed E-state index contributed by atoms with van der Waals surface area (Å²) in [6.07, 6.45) is 7.50. The van der Waals surface area contributed by atoms with E-state index in [9.17, 15) is 14.0 Å². The summed E-state index contributed by atoms with van der Waals surface area (Å²) in [6.45, 7) is 9.03. The first-order valence-electron chi connectivity index (χ1n) is 13.1. The zero-order chi connectivity index (χ0) is 27.3. The number of fused-ring (bicyclic) bond motifs is 1. The molecule has 0 saturated carbocycles. The number of amides is 1. The van der Waals surface area contributed by atoms with Crippen LogP contribution in [0, 0.1) is 5.82 Å². The third kappa shape index (κ3) is 7.29. The van der Waals surface area contributed by atoms with E-state index in [1.807, 2.05) is 20.8 Å². The summed E-state index contributed by atoms with van der Waals surface area (Å²) in [7, 11) is 0. The zero-order valence-electron chi connectivity index (χ0n) is 22.2. The van der Waals surface area contributed by atoms with Crippen molar-refractivity contribution in [3.63, 3.8) is 0 Å². The molecule has 1 aliphatic rings. The van der Waals surface area contributed by atoms with E-state index < -0.39 is 16.9 Å². The average Bonchev–Trinajstić information content (AvgIpc) is 3.13. The van der Waals surface area contributed by atoms with Crippen molar-refractivity contribution in [3.8, 4) is 17.1 Å². The van der Waals surface area contributed by atoms with E-state index >= 15 is 0 Å². The molecule has 2 aromatic heterocycles. The highest BCUT2D eigenvalue weighted by molar-refractivity contribution is 6.31. The van der Waals surface area contributed by atoms with Crippen molar-refractivity contribution in [3.05, 3.63) is 51.7 Å². The molecule has 38 heavy (non-hydrogen) atoms. The van der Waals surface area contributed by atoms with E-state index in [0.717, 1.165) is 26.1 Å². The number of hydrogen-bond acceptors (Lipinski definition) is 6. The van der Waals surface area contributed by atoms with Gasteiger partial charge in [0, 0.05) is 17.6 Å². The smallest absolute Gasteiger partial charge is 0.263 e. The van der Waals surface area contributed by atoms with Crippen LogP contribution < -0.4 is 15.6 Å². The van der Waals surface area contributed by atoms with Gasteiger partial charge < -0.3 is 15.0 Å². The van der Waals surface area contributed by atoms with Crippen molar-refractivity contribution in [1.82, 2.24) is 24.8 Å². The van der Waals surface area contributed by atoms with Crippen LogP contribution in [0.3, 0.4) is 0 Å². The number of carbonyl (C=O) groups excluding carboxylic acids is 1. The Labute approximate surface area is 227 Å². The predicted octanol–water partition coefficient (Wildman–Crippen LogP) is 4.81. The molecule has 1 amide bonds. The Hall–Kier alpha value is -3.04. The summed E-state index contributed by atoms with van der Waals surface area (Å²) in [6, 6.07) is 5.66. The van der Waals surface area contributed by atoms with Crippen molar-refractivity contribution in [1.29, 1.82) is 0 Å². The molecule has 1 N–H and O–H groups in total. The fourth-order valence-electron chi connectivity index (χ4n) is 4.61. The van der Waals surface area contributed by atoms with E-state index in [-0.39, 0.29) is 34.3 Å². The van der Waals surface area contributed by atoms with Gasteiger partial charge in [-0.3, -0.25) is 14.2 Å². The van der Waals surface area contributed by atoms with Gasteiger partial charge in [-0.25, -0.2) is 14.4 Å². The number of carbonyl (C=O) groups is 1. The molecule has 0 aliphatic carbocycles. The molecule has 4 rings (SSSR count). The van der Waals surface area contributed by atoms with Gasteiger partial charge in [-0.15, -0.1) is 0 Å². The van der Waals surface area contributed by atoms with Gasteiger partial charge in [-0.1, -0.05) is 24.4 Å². The summed E-state index contributed by atoms with van der Waals surface area (Å²) < 4.78 is 21.0. The van der Waals surface area contributed by atoms with E-state index in [1.54, 1.807) is 12.3 Å². The number of nitrogens with zero attached hydrogens (tertiary/aromatic N) is 4. The van der Waals surface area contributed by atoms with Gasteiger partial charge in [-0.05, 0) is 77.4 Å². The Balaban J connectivity index is 1.60. The first-order chi connectivity index (χ1) is 18.1. The van der Waals surface area contributed by atoms with Crippen LogP contribution in [0.2, 0.25) is 5.02 Å². The second-order valence-electron chi connectivity index (χ2n) is 10.8. The van der Waals surface area contributed by atoms with E-state index in [4.69, 9.17) is 16.3 Å². The standard InChI is InChI=1S/C28H35ClFN5O3/c1-28(2,3)33-24(36)18-35-26(19-9-10-23(30)22(29)15-19)32-25-21(27(35)37)16-20(17-31-25)38-14-8-13-34-11-6-4-5-7-12-34/h9-10,15-17H,4-8,11-14,18H2,1-3H3,(H,33,36). The highest BCUT2D eigenvalue weighted by Gasteiger charge is 2.20. The molecular weight excluding hydrogens is 509 g/mol. The Morgan fingerprint density at radius 2 is 1.89 bits per heavy atom. The molecule has 0 unspecified atom stereocenters. The summed E-state index contributed by atoms with van der Waals surface area (Å²) in [4.78, 5) is 37.8. The van der Waals surface area contributed by atoms with Crippen LogP contribution in [-0.4, -0.2) is 57.1 Å². The molecule has 1 saturated heterocycles. The number of benzene rings is 1. The van der Waals surface area contributed by atoms with Crippen molar-refractivity contribution in [2.75, 3.05) is 26.2 Å². The minimum absolute atomic E-state index is 0.112. The molecule has 8 nitrogen and oxygen atoms in total. The quantitative estimate of drug-likeness (QED) is 0.410. The lowest BCUT2D eigenvalue weighted by Crippen LogP contribution is -2.43. The summed E-state index contributed by atoms with van der Waals surface area (Å²) >= 11 is 6.00. The largest absolute Gasteiger partial charge is 0.492 e. The summed E-state index contributed by atoms with van der Waals surface area (Å²) in [5, 5.41) is 2.98. The first kappa shape index (κ1) is 28.0. The molecule has 0 atom stereocenters. The van der Waals surface area contributed by atoms with E-state index in [2.05, 4.69) is 20.2 Å². The van der Waals surface area contributed by atoms with Crippen molar-refractivity contribution < 1.29 is 13.9 Å². The van der Waals surface area contributed by atoms with E-state index in [0.29, 0.717) is 17.9 Å². The minimum atomic E-state index is -0.591. The normalized spacial score (nSPS) is 14.9. The number of hydrogen-bond donors (Lipinski definition) is 1. The summed E-state index contributed by atoms with van der Waals surface area (Å²) in [5.41, 5.74) is -0.332. The lowest BCUT2D eigenvalue weighted by molar-refractivity contribution is -0.123. The molecule has 204 valence electrons. The fraction of sp³-hybridized carbons (Fsp3) is 0.500. The van der Waals surface area contributed by atoms with Gasteiger partial charge in [0.05, 0.1) is 23.2 Å². The molecular formula is C28H35ClFN5O3. The van der Waals surface area contributed by atoms with Gasteiger partial charge in [-0.2, -0.15) is 0 Å². The van der Waals surface area contributed by atoms with Gasteiger partial charge in [0.2, 0.25) is 5.91 Å². The highest BCUT2D eigenvalue weighted by Crippen LogP contribution is 2.25. The number of halogens is 2. The number of nitrogens with one attached hydrogen (secondary N) is 1. The van der Waals surface area contributed by atoms with Gasteiger partial charge in [0.15, 0.2) is 5.65 Å². The molecule has 1 aliphatic heterocycles. The van der Waals surface area contributed by atoms with Crippen LogP contribution in [0.5, 0.6) is 5.75 Å². The number of rotatable bonds is 8. The van der Waals surface area contributed by atoms with Crippen LogP contribution in [0.1, 0.15) is 52.9 Å². The average molecular weight is 544 g/mol. The second-order valence-corrected chi connectivity index (χ2v) is 11.2. The van der Waals surface area contributed by atoms with Gasteiger partial charge >= 0.3 is 0 Å². The van der Waals surface area contributed by atoms with Crippen molar-refractivity contribution in [2.24, 2.45) is 0 Å². The Morgan fingerprint density at radius 1 is 1.16 bits per heavy atom. The van der Waals surface area contributed by atoms with Gasteiger partial charge in [0.25, 0.3) is 5.56 Å². The maximum absolute atomic E-state index is 13.8. The molecule has 1 fully saturated rings. The van der Waals surface area contributed by atoms with Crippen LogP contribution in [-0.2, 0) is 11.3 Å². The van der Waals surface area contributed by atoms with Gasteiger partial charge in [0.1, 0.15) is 23.9 Å². The topological polar surface area (TPSA) is 89.3 Å². The Bertz CT molecular complexity index is 1350. The third-order valence-corrected chi connectivity index (χ3v) is 6.65. The predicted molar refractivity (Wildman–Crippen MR) is 147 cm³/mol. The Kier molecular flexibility index (Phi) is 8.99. The minimum Gasteiger partial charge on any atom is -0.492 e. The lowest BCUT2D eigenvalue weighted by atomic mass is 10.1. The molecule has 10 heteroatoms. The molecule has 0 bridgehead atoms. The van der Waals surface area contributed by atoms with Crippen molar-refractivity contribution >= 4 is 28.5 Å². The fourth-order valence-corrected chi connectivity index (χ4v) is 4.79. The number of ether oxygens (including phenoxy) is 1. The molecule has 3 heterocycles. The maximum Gasteiger partial charge on any atom is 0.263 e. The van der Waals surface area contributed by atoms with Crippen molar-refractivity contribution in [2.45, 2.75) is 65.0 Å².